The SMILES string of the molecule is COC[C@@](C)(NC(=O)c1cncnc1)C(=O)O.Cl.Cl. The van der Waals surface area contributed by atoms with Gasteiger partial charge in [-0.05, 0) is 6.92 Å². The molecule has 0 saturated carbocycles. The second-order valence-corrected chi connectivity index (χ2v) is 3.65. The van der Waals surface area contributed by atoms with Gasteiger partial charge in [0.2, 0.25) is 0 Å². The molecule has 1 aromatic rings. The molecule has 0 unspecified atom stereocenters. The Kier molecular flexibility index (Phi) is 9.03. The van der Waals surface area contributed by atoms with Crippen molar-refractivity contribution < 1.29 is 19.4 Å². The molecule has 0 radical (unpaired) electrons. The molecule has 1 atom stereocenters. The van der Waals surface area contributed by atoms with Gasteiger partial charge in [0.1, 0.15) is 6.33 Å². The fourth-order valence-electron chi connectivity index (χ4n) is 1.18. The summed E-state index contributed by atoms with van der Waals surface area (Å²) in [4.78, 5) is 30.1. The molecule has 0 saturated heterocycles. The van der Waals surface area contributed by atoms with Crippen LogP contribution in [0.4, 0.5) is 0 Å². The van der Waals surface area contributed by atoms with Crippen molar-refractivity contribution >= 4 is 36.7 Å². The van der Waals surface area contributed by atoms with E-state index < -0.39 is 17.4 Å². The lowest BCUT2D eigenvalue weighted by atomic mass is 10.0. The summed E-state index contributed by atoms with van der Waals surface area (Å²) >= 11 is 0. The van der Waals surface area contributed by atoms with Crippen molar-refractivity contribution in [1.82, 2.24) is 15.3 Å². The largest absolute Gasteiger partial charge is 0.479 e. The first-order valence-electron chi connectivity index (χ1n) is 4.79. The molecule has 0 fully saturated rings. The molecule has 19 heavy (non-hydrogen) atoms. The summed E-state index contributed by atoms with van der Waals surface area (Å²) in [6.07, 6.45) is 3.89. The van der Waals surface area contributed by atoms with Crippen LogP contribution in [0.15, 0.2) is 18.7 Å². The molecule has 0 aliphatic rings. The summed E-state index contributed by atoms with van der Waals surface area (Å²) in [5.74, 6) is -1.74. The molecule has 1 aromatic heterocycles. The number of halogens is 2. The zero-order chi connectivity index (χ0) is 12.9. The second kappa shape index (κ2) is 8.63. The lowest BCUT2D eigenvalue weighted by molar-refractivity contribution is -0.145. The fourth-order valence-corrected chi connectivity index (χ4v) is 1.18. The maximum atomic E-state index is 11.7. The monoisotopic (exact) mass is 311 g/mol. The Bertz CT molecular complexity index is 418. The van der Waals surface area contributed by atoms with E-state index in [-0.39, 0.29) is 37.0 Å². The van der Waals surface area contributed by atoms with E-state index in [2.05, 4.69) is 15.3 Å². The first-order chi connectivity index (χ1) is 7.99. The Morgan fingerprint density at radius 1 is 1.37 bits per heavy atom. The fraction of sp³-hybridized carbons (Fsp3) is 0.400. The molecule has 1 rings (SSSR count). The average Bonchev–Trinajstić information content (AvgIpc) is 2.30. The number of carboxylic acids is 1. The molecular formula is C10H15Cl2N3O4. The predicted octanol–water partition coefficient (Wildman–Crippen LogP) is 0.540. The number of nitrogens with one attached hydrogen (secondary N) is 1. The van der Waals surface area contributed by atoms with Crippen molar-refractivity contribution in [2.75, 3.05) is 13.7 Å². The van der Waals surface area contributed by atoms with Gasteiger partial charge in [-0.1, -0.05) is 0 Å². The number of methoxy groups -OCH3 is 1. The minimum absolute atomic E-state index is 0. The zero-order valence-corrected chi connectivity index (χ0v) is 12.0. The van der Waals surface area contributed by atoms with Crippen molar-refractivity contribution in [2.45, 2.75) is 12.5 Å². The minimum atomic E-state index is -1.48. The number of amides is 1. The minimum Gasteiger partial charge on any atom is -0.479 e. The van der Waals surface area contributed by atoms with E-state index in [1.165, 1.54) is 32.8 Å². The van der Waals surface area contributed by atoms with E-state index in [0.717, 1.165) is 0 Å². The van der Waals surface area contributed by atoms with Crippen molar-refractivity contribution in [3.63, 3.8) is 0 Å². The third-order valence-electron chi connectivity index (χ3n) is 2.12. The predicted molar refractivity (Wildman–Crippen MR) is 71.9 cm³/mol. The molecule has 1 amide bonds. The van der Waals surface area contributed by atoms with Crippen LogP contribution in [0.2, 0.25) is 0 Å². The maximum Gasteiger partial charge on any atom is 0.331 e. The Labute approximate surface area is 122 Å². The first-order valence-corrected chi connectivity index (χ1v) is 4.79. The van der Waals surface area contributed by atoms with E-state index >= 15 is 0 Å². The highest BCUT2D eigenvalue weighted by Gasteiger charge is 2.35. The van der Waals surface area contributed by atoms with Crippen molar-refractivity contribution in [2.24, 2.45) is 0 Å². The molecule has 0 aromatic carbocycles. The molecule has 0 aliphatic carbocycles. The number of carbonyl (C=O) groups is 2. The summed E-state index contributed by atoms with van der Waals surface area (Å²) in [5, 5.41) is 11.4. The molecule has 108 valence electrons. The summed E-state index contributed by atoms with van der Waals surface area (Å²) in [6, 6.07) is 0. The smallest absolute Gasteiger partial charge is 0.331 e. The van der Waals surface area contributed by atoms with Crippen LogP contribution in [0.25, 0.3) is 0 Å². The number of hydrogen-bond acceptors (Lipinski definition) is 5. The van der Waals surface area contributed by atoms with Crippen LogP contribution in [0.3, 0.4) is 0 Å². The molecule has 9 heteroatoms. The lowest BCUT2D eigenvalue weighted by Crippen LogP contribution is -2.55. The van der Waals surface area contributed by atoms with Gasteiger partial charge in [0, 0.05) is 19.5 Å². The van der Waals surface area contributed by atoms with E-state index in [0.29, 0.717) is 0 Å². The number of ether oxygens (including phenoxy) is 1. The van der Waals surface area contributed by atoms with Gasteiger partial charge in [0.05, 0.1) is 12.2 Å². The number of carbonyl (C=O) groups excluding carboxylic acids is 1. The zero-order valence-electron chi connectivity index (χ0n) is 10.3. The number of rotatable bonds is 5. The normalized spacial score (nSPS) is 12.3. The van der Waals surface area contributed by atoms with E-state index in [1.807, 2.05) is 0 Å². The number of hydrogen-bond donors (Lipinski definition) is 2. The molecule has 0 bridgehead atoms. The maximum absolute atomic E-state index is 11.7. The summed E-state index contributed by atoms with van der Waals surface area (Å²) in [7, 11) is 1.36. The highest BCUT2D eigenvalue weighted by atomic mass is 35.5. The Morgan fingerprint density at radius 3 is 2.32 bits per heavy atom. The number of aromatic nitrogens is 2. The highest BCUT2D eigenvalue weighted by Crippen LogP contribution is 2.06. The average molecular weight is 312 g/mol. The molecular weight excluding hydrogens is 297 g/mol. The van der Waals surface area contributed by atoms with Crippen molar-refractivity contribution in [1.29, 1.82) is 0 Å². The van der Waals surface area contributed by atoms with Crippen LogP contribution in [0, 0.1) is 0 Å². The second-order valence-electron chi connectivity index (χ2n) is 3.65. The molecule has 7 nitrogen and oxygen atoms in total. The topological polar surface area (TPSA) is 101 Å². The number of aliphatic carboxylic acids is 1. The summed E-state index contributed by atoms with van der Waals surface area (Å²) < 4.78 is 4.78. The molecule has 2 N–H and O–H groups in total. The standard InChI is InChI=1S/C10H13N3O4.2ClH/c1-10(5-17-2,9(15)16)13-8(14)7-3-11-6-12-4-7;;/h3-4,6H,5H2,1-2H3,(H,13,14)(H,15,16);2*1H/t10-;;/m1../s1. The highest BCUT2D eigenvalue weighted by molar-refractivity contribution is 5.97. The van der Waals surface area contributed by atoms with E-state index in [4.69, 9.17) is 9.84 Å². The van der Waals surface area contributed by atoms with Gasteiger partial charge in [-0.25, -0.2) is 14.8 Å². The van der Waals surface area contributed by atoms with Gasteiger partial charge in [-0.3, -0.25) is 4.79 Å². The van der Waals surface area contributed by atoms with E-state index in [1.54, 1.807) is 0 Å². The Morgan fingerprint density at radius 2 is 1.89 bits per heavy atom. The van der Waals surface area contributed by atoms with E-state index in [9.17, 15) is 9.59 Å². The van der Waals surface area contributed by atoms with Crippen LogP contribution in [0.1, 0.15) is 17.3 Å². The van der Waals surface area contributed by atoms with Gasteiger partial charge in [0.15, 0.2) is 5.54 Å². The van der Waals surface area contributed by atoms with Crippen LogP contribution < -0.4 is 5.32 Å². The molecule has 0 aliphatic heterocycles. The lowest BCUT2D eigenvalue weighted by Gasteiger charge is -2.25. The van der Waals surface area contributed by atoms with Crippen molar-refractivity contribution in [3.05, 3.63) is 24.3 Å². The third kappa shape index (κ3) is 5.37. The van der Waals surface area contributed by atoms with Gasteiger partial charge in [-0.15, -0.1) is 24.8 Å². The summed E-state index contributed by atoms with van der Waals surface area (Å²) in [6.45, 7) is 1.22. The van der Waals surface area contributed by atoms with Gasteiger partial charge in [-0.2, -0.15) is 0 Å². The first kappa shape index (κ1) is 19.9. The van der Waals surface area contributed by atoms with Crippen LogP contribution >= 0.6 is 24.8 Å². The molecule has 1 heterocycles. The number of carboxylic acid groups (broad SMARTS) is 1. The summed E-state index contributed by atoms with van der Waals surface area (Å²) in [5.41, 5.74) is -1.29. The van der Waals surface area contributed by atoms with Crippen molar-refractivity contribution in [3.8, 4) is 0 Å². The Balaban J connectivity index is 0. The van der Waals surface area contributed by atoms with Gasteiger partial charge >= 0.3 is 5.97 Å². The number of nitrogens with zero attached hydrogens (tertiary/aromatic N) is 2. The van der Waals surface area contributed by atoms with Gasteiger partial charge < -0.3 is 15.2 Å². The van der Waals surface area contributed by atoms with Crippen LogP contribution in [0.5, 0.6) is 0 Å². The van der Waals surface area contributed by atoms with Crippen LogP contribution in [-0.4, -0.2) is 46.2 Å². The quantitative estimate of drug-likeness (QED) is 0.823. The van der Waals surface area contributed by atoms with Gasteiger partial charge in [0.25, 0.3) is 5.91 Å². The molecule has 0 spiro atoms. The Hall–Kier alpha value is -1.44. The third-order valence-corrected chi connectivity index (χ3v) is 2.12. The van der Waals surface area contributed by atoms with Crippen LogP contribution in [-0.2, 0) is 9.53 Å².